The molecule has 0 aromatic carbocycles. The minimum Gasteiger partial charge on any atom is -0.290 e. The van der Waals surface area contributed by atoms with E-state index in [0.29, 0.717) is 24.8 Å². The van der Waals surface area contributed by atoms with E-state index in [-0.39, 0.29) is 10.7 Å². The Morgan fingerprint density at radius 1 is 1.38 bits per heavy atom. The second-order valence-electron chi connectivity index (χ2n) is 5.50. The fourth-order valence-corrected chi connectivity index (χ4v) is 3.15. The lowest BCUT2D eigenvalue weighted by Gasteiger charge is -2.10. The van der Waals surface area contributed by atoms with Crippen molar-refractivity contribution in [3.8, 4) is 0 Å². The van der Waals surface area contributed by atoms with Crippen LogP contribution in [0.2, 0.25) is 5.15 Å². The van der Waals surface area contributed by atoms with Gasteiger partial charge < -0.3 is 0 Å². The minimum absolute atomic E-state index is 0.123. The van der Waals surface area contributed by atoms with Crippen molar-refractivity contribution in [1.82, 2.24) is 19.3 Å². The maximum Gasteiger partial charge on any atom is 0.255 e. The van der Waals surface area contributed by atoms with Gasteiger partial charge in [0, 0.05) is 18.7 Å². The molecule has 2 aromatic heterocycles. The zero-order chi connectivity index (χ0) is 14.8. The van der Waals surface area contributed by atoms with Crippen LogP contribution < -0.4 is 5.56 Å². The van der Waals surface area contributed by atoms with Crippen molar-refractivity contribution in [3.63, 3.8) is 0 Å². The molecule has 0 bridgehead atoms. The summed E-state index contributed by atoms with van der Waals surface area (Å²) in [6.45, 7) is 2.41. The monoisotopic (exact) mass is 306 g/mol. The van der Waals surface area contributed by atoms with Gasteiger partial charge in [-0.1, -0.05) is 31.4 Å². The predicted molar refractivity (Wildman–Crippen MR) is 81.7 cm³/mol. The molecule has 0 amide bonds. The molecule has 5 nitrogen and oxygen atoms in total. The van der Waals surface area contributed by atoms with E-state index < -0.39 is 0 Å². The standard InChI is InChI=1S/C15H19ClN4O/c1-2-14-17-13(16)9-15(21)19(14)10-11-7-8-20(18-11)12-5-3-4-6-12/h7-9,12H,2-6,10H2,1H3. The summed E-state index contributed by atoms with van der Waals surface area (Å²) in [5.74, 6) is 0.697. The Morgan fingerprint density at radius 2 is 2.14 bits per heavy atom. The molecular weight excluding hydrogens is 288 g/mol. The third-order valence-electron chi connectivity index (χ3n) is 4.05. The summed E-state index contributed by atoms with van der Waals surface area (Å²) in [5.41, 5.74) is 0.769. The van der Waals surface area contributed by atoms with Gasteiger partial charge >= 0.3 is 0 Å². The Hall–Kier alpha value is -1.62. The molecule has 0 saturated heterocycles. The summed E-state index contributed by atoms with van der Waals surface area (Å²) >= 11 is 5.85. The molecule has 21 heavy (non-hydrogen) atoms. The van der Waals surface area contributed by atoms with Gasteiger partial charge in [-0.05, 0) is 18.9 Å². The van der Waals surface area contributed by atoms with E-state index in [0.717, 1.165) is 5.69 Å². The molecule has 0 atom stereocenters. The van der Waals surface area contributed by atoms with E-state index in [4.69, 9.17) is 11.6 Å². The molecule has 1 fully saturated rings. The Balaban J connectivity index is 1.85. The van der Waals surface area contributed by atoms with Gasteiger partial charge in [0.1, 0.15) is 11.0 Å². The fourth-order valence-electron chi connectivity index (χ4n) is 2.96. The lowest BCUT2D eigenvalue weighted by atomic mass is 10.3. The molecule has 0 unspecified atom stereocenters. The third kappa shape index (κ3) is 3.02. The maximum atomic E-state index is 12.1. The number of rotatable bonds is 4. The predicted octanol–water partition coefficient (Wildman–Crippen LogP) is 2.82. The summed E-state index contributed by atoms with van der Waals surface area (Å²) in [6.07, 6.45) is 7.64. The van der Waals surface area contributed by atoms with Gasteiger partial charge in [-0.3, -0.25) is 14.0 Å². The van der Waals surface area contributed by atoms with Crippen molar-refractivity contribution in [1.29, 1.82) is 0 Å². The SMILES string of the molecule is CCc1nc(Cl)cc(=O)n1Cc1ccn(C2CCCC2)n1. The number of hydrogen-bond donors (Lipinski definition) is 0. The maximum absolute atomic E-state index is 12.1. The number of hydrogen-bond acceptors (Lipinski definition) is 3. The smallest absolute Gasteiger partial charge is 0.255 e. The van der Waals surface area contributed by atoms with Crippen LogP contribution in [0.5, 0.6) is 0 Å². The van der Waals surface area contributed by atoms with Crippen LogP contribution in [0.4, 0.5) is 0 Å². The van der Waals surface area contributed by atoms with Crippen LogP contribution in [-0.4, -0.2) is 19.3 Å². The highest BCUT2D eigenvalue weighted by atomic mass is 35.5. The molecule has 1 saturated carbocycles. The van der Waals surface area contributed by atoms with E-state index in [1.807, 2.05) is 23.9 Å². The summed E-state index contributed by atoms with van der Waals surface area (Å²) < 4.78 is 3.69. The molecule has 0 N–H and O–H groups in total. The summed E-state index contributed by atoms with van der Waals surface area (Å²) in [7, 11) is 0. The van der Waals surface area contributed by atoms with Gasteiger partial charge in [-0.2, -0.15) is 5.10 Å². The van der Waals surface area contributed by atoms with E-state index in [9.17, 15) is 4.79 Å². The quantitative estimate of drug-likeness (QED) is 0.816. The fraction of sp³-hybridized carbons (Fsp3) is 0.533. The number of halogens is 1. The van der Waals surface area contributed by atoms with Crippen molar-refractivity contribution < 1.29 is 0 Å². The van der Waals surface area contributed by atoms with Crippen molar-refractivity contribution in [2.75, 3.05) is 0 Å². The molecule has 2 aromatic rings. The second-order valence-corrected chi connectivity index (χ2v) is 5.89. The van der Waals surface area contributed by atoms with Gasteiger partial charge in [0.25, 0.3) is 5.56 Å². The first-order valence-electron chi connectivity index (χ1n) is 7.47. The summed E-state index contributed by atoms with van der Waals surface area (Å²) in [4.78, 5) is 16.3. The number of aryl methyl sites for hydroxylation is 1. The third-order valence-corrected chi connectivity index (χ3v) is 4.25. The number of nitrogens with zero attached hydrogens (tertiary/aromatic N) is 4. The molecule has 2 heterocycles. The van der Waals surface area contributed by atoms with Crippen LogP contribution in [0.1, 0.15) is 50.2 Å². The molecule has 1 aliphatic carbocycles. The highest BCUT2D eigenvalue weighted by Gasteiger charge is 2.18. The molecule has 0 aliphatic heterocycles. The average molecular weight is 307 g/mol. The molecular formula is C15H19ClN4O. The summed E-state index contributed by atoms with van der Waals surface area (Å²) in [6, 6.07) is 3.86. The molecule has 1 aliphatic rings. The van der Waals surface area contributed by atoms with Gasteiger partial charge in [-0.15, -0.1) is 0 Å². The van der Waals surface area contributed by atoms with E-state index in [2.05, 4.69) is 10.1 Å². The topological polar surface area (TPSA) is 52.7 Å². The summed E-state index contributed by atoms with van der Waals surface area (Å²) in [5, 5.41) is 4.88. The van der Waals surface area contributed by atoms with Gasteiger partial charge in [0.15, 0.2) is 0 Å². The first kappa shape index (κ1) is 14.3. The van der Waals surface area contributed by atoms with Crippen LogP contribution >= 0.6 is 11.6 Å². The Kier molecular flexibility index (Phi) is 4.10. The first-order chi connectivity index (χ1) is 10.2. The lowest BCUT2D eigenvalue weighted by molar-refractivity contribution is 0.460. The molecule has 6 heteroatoms. The van der Waals surface area contributed by atoms with Gasteiger partial charge in [0.05, 0.1) is 18.3 Å². The highest BCUT2D eigenvalue weighted by Crippen LogP contribution is 2.28. The normalized spacial score (nSPS) is 15.7. The van der Waals surface area contributed by atoms with E-state index in [1.165, 1.54) is 31.7 Å². The van der Waals surface area contributed by atoms with E-state index >= 15 is 0 Å². The van der Waals surface area contributed by atoms with Crippen molar-refractivity contribution in [3.05, 3.63) is 45.4 Å². The van der Waals surface area contributed by atoms with Crippen LogP contribution in [-0.2, 0) is 13.0 Å². The van der Waals surface area contributed by atoms with Crippen LogP contribution in [0.25, 0.3) is 0 Å². The zero-order valence-electron chi connectivity index (χ0n) is 12.1. The van der Waals surface area contributed by atoms with Gasteiger partial charge in [-0.25, -0.2) is 4.98 Å². The Bertz CT molecular complexity index is 685. The first-order valence-corrected chi connectivity index (χ1v) is 7.85. The Labute approximate surface area is 128 Å². The van der Waals surface area contributed by atoms with Crippen LogP contribution in [0, 0.1) is 0 Å². The number of aromatic nitrogens is 4. The van der Waals surface area contributed by atoms with Crippen molar-refractivity contribution >= 4 is 11.6 Å². The molecule has 0 spiro atoms. The second kappa shape index (κ2) is 6.02. The molecule has 0 radical (unpaired) electrons. The average Bonchev–Trinajstić information content (AvgIpc) is 3.12. The van der Waals surface area contributed by atoms with E-state index in [1.54, 1.807) is 4.57 Å². The highest BCUT2D eigenvalue weighted by molar-refractivity contribution is 6.29. The van der Waals surface area contributed by atoms with Gasteiger partial charge in [0.2, 0.25) is 0 Å². The Morgan fingerprint density at radius 3 is 2.86 bits per heavy atom. The zero-order valence-corrected chi connectivity index (χ0v) is 12.9. The largest absolute Gasteiger partial charge is 0.290 e. The van der Waals surface area contributed by atoms with Crippen LogP contribution in [0.15, 0.2) is 23.1 Å². The lowest BCUT2D eigenvalue weighted by Crippen LogP contribution is -2.25. The molecule has 112 valence electrons. The van der Waals surface area contributed by atoms with Crippen LogP contribution in [0.3, 0.4) is 0 Å². The molecule has 3 rings (SSSR count). The van der Waals surface area contributed by atoms with Crippen molar-refractivity contribution in [2.24, 2.45) is 0 Å². The minimum atomic E-state index is -0.123. The van der Waals surface area contributed by atoms with Crippen molar-refractivity contribution in [2.45, 2.75) is 51.6 Å².